The summed E-state index contributed by atoms with van der Waals surface area (Å²) in [6, 6.07) is 14.6. The standard InChI is InChI=1S/C16H19NO3S/c1-3-17(15-10-8-13(2)9-11-15)12-14-6-4-5-7-16(14)21(18,19)20/h4-11H,3,12H2,1-2H3,(H,18,19,20). The van der Waals surface area contributed by atoms with Gasteiger partial charge in [-0.3, -0.25) is 4.55 Å². The van der Waals surface area contributed by atoms with Gasteiger partial charge in [0.15, 0.2) is 0 Å². The average molecular weight is 305 g/mol. The third-order valence-corrected chi connectivity index (χ3v) is 4.35. The van der Waals surface area contributed by atoms with Gasteiger partial charge in [0, 0.05) is 18.8 Å². The maximum Gasteiger partial charge on any atom is 0.294 e. The lowest BCUT2D eigenvalue weighted by molar-refractivity contribution is 0.482. The largest absolute Gasteiger partial charge is 0.367 e. The van der Waals surface area contributed by atoms with E-state index in [-0.39, 0.29) is 4.90 Å². The Morgan fingerprint density at radius 3 is 2.24 bits per heavy atom. The van der Waals surface area contributed by atoms with Gasteiger partial charge in [0.1, 0.15) is 0 Å². The van der Waals surface area contributed by atoms with Crippen molar-refractivity contribution in [3.8, 4) is 0 Å². The van der Waals surface area contributed by atoms with E-state index >= 15 is 0 Å². The lowest BCUT2D eigenvalue weighted by Gasteiger charge is -2.24. The second kappa shape index (κ2) is 6.28. The van der Waals surface area contributed by atoms with Crippen LogP contribution >= 0.6 is 0 Å². The molecule has 0 unspecified atom stereocenters. The molecule has 2 rings (SSSR count). The highest BCUT2D eigenvalue weighted by Gasteiger charge is 2.16. The van der Waals surface area contributed by atoms with E-state index in [1.807, 2.05) is 38.1 Å². The molecule has 0 heterocycles. The van der Waals surface area contributed by atoms with E-state index in [2.05, 4.69) is 4.90 Å². The van der Waals surface area contributed by atoms with E-state index < -0.39 is 10.1 Å². The Balaban J connectivity index is 2.34. The van der Waals surface area contributed by atoms with Crippen LogP contribution in [-0.4, -0.2) is 19.5 Å². The molecule has 0 aromatic heterocycles. The van der Waals surface area contributed by atoms with Crippen molar-refractivity contribution in [2.45, 2.75) is 25.3 Å². The SMILES string of the molecule is CCN(Cc1ccccc1S(=O)(=O)O)c1ccc(C)cc1. The molecule has 2 aromatic carbocycles. The molecule has 4 nitrogen and oxygen atoms in total. The van der Waals surface area contributed by atoms with Crippen molar-refractivity contribution in [2.24, 2.45) is 0 Å². The van der Waals surface area contributed by atoms with Crippen molar-refractivity contribution in [1.82, 2.24) is 0 Å². The van der Waals surface area contributed by atoms with Crippen molar-refractivity contribution >= 4 is 15.8 Å². The molecule has 5 heteroatoms. The fraction of sp³-hybridized carbons (Fsp3) is 0.250. The summed E-state index contributed by atoms with van der Waals surface area (Å²) >= 11 is 0. The van der Waals surface area contributed by atoms with Gasteiger partial charge in [-0.25, -0.2) is 0 Å². The molecule has 0 bridgehead atoms. The Morgan fingerprint density at radius 2 is 1.67 bits per heavy atom. The summed E-state index contributed by atoms with van der Waals surface area (Å²) < 4.78 is 32.2. The predicted molar refractivity (Wildman–Crippen MR) is 84.2 cm³/mol. The monoisotopic (exact) mass is 305 g/mol. The van der Waals surface area contributed by atoms with Gasteiger partial charge in [0.2, 0.25) is 0 Å². The van der Waals surface area contributed by atoms with Crippen LogP contribution < -0.4 is 4.90 Å². The smallest absolute Gasteiger partial charge is 0.294 e. The first kappa shape index (κ1) is 15.5. The maximum absolute atomic E-state index is 11.4. The minimum Gasteiger partial charge on any atom is -0.367 e. The fourth-order valence-electron chi connectivity index (χ4n) is 2.23. The summed E-state index contributed by atoms with van der Waals surface area (Å²) in [5, 5.41) is 0. The molecule has 1 N–H and O–H groups in total. The zero-order chi connectivity index (χ0) is 15.5. The Hall–Kier alpha value is -1.85. The van der Waals surface area contributed by atoms with Crippen LogP contribution in [0.4, 0.5) is 5.69 Å². The van der Waals surface area contributed by atoms with Gasteiger partial charge in [-0.15, -0.1) is 0 Å². The highest BCUT2D eigenvalue weighted by Crippen LogP contribution is 2.21. The first-order valence-corrected chi connectivity index (χ1v) is 8.23. The number of hydrogen-bond donors (Lipinski definition) is 1. The maximum atomic E-state index is 11.4. The average Bonchev–Trinajstić information content (AvgIpc) is 2.45. The van der Waals surface area contributed by atoms with Crippen molar-refractivity contribution in [3.63, 3.8) is 0 Å². The van der Waals surface area contributed by atoms with E-state index in [0.717, 1.165) is 12.2 Å². The van der Waals surface area contributed by atoms with E-state index in [1.165, 1.54) is 11.6 Å². The normalized spacial score (nSPS) is 11.4. The quantitative estimate of drug-likeness (QED) is 0.861. The Morgan fingerprint density at radius 1 is 1.05 bits per heavy atom. The third-order valence-electron chi connectivity index (χ3n) is 3.39. The van der Waals surface area contributed by atoms with Crippen LogP contribution in [0.15, 0.2) is 53.4 Å². The summed E-state index contributed by atoms with van der Waals surface area (Å²) in [7, 11) is -4.20. The van der Waals surface area contributed by atoms with Crippen molar-refractivity contribution in [1.29, 1.82) is 0 Å². The molecule has 0 spiro atoms. The number of nitrogens with zero attached hydrogens (tertiary/aromatic N) is 1. The van der Waals surface area contributed by atoms with Gasteiger partial charge in [-0.1, -0.05) is 35.9 Å². The van der Waals surface area contributed by atoms with E-state index in [9.17, 15) is 13.0 Å². The van der Waals surface area contributed by atoms with Crippen LogP contribution in [0, 0.1) is 6.92 Å². The molecule has 0 aliphatic carbocycles. The summed E-state index contributed by atoms with van der Waals surface area (Å²) in [4.78, 5) is 2.03. The van der Waals surface area contributed by atoms with Crippen molar-refractivity contribution in [2.75, 3.05) is 11.4 Å². The zero-order valence-electron chi connectivity index (χ0n) is 12.2. The summed E-state index contributed by atoms with van der Waals surface area (Å²) in [5.41, 5.74) is 2.78. The van der Waals surface area contributed by atoms with Crippen LogP contribution in [0.25, 0.3) is 0 Å². The molecule has 0 aliphatic rings. The van der Waals surface area contributed by atoms with Gasteiger partial charge in [0.05, 0.1) is 4.90 Å². The molecule has 21 heavy (non-hydrogen) atoms. The van der Waals surface area contributed by atoms with Gasteiger partial charge < -0.3 is 4.90 Å². The molecule has 0 radical (unpaired) electrons. The molecule has 0 aliphatic heterocycles. The first-order valence-electron chi connectivity index (χ1n) is 6.79. The van der Waals surface area contributed by atoms with E-state index in [1.54, 1.807) is 18.2 Å². The van der Waals surface area contributed by atoms with Gasteiger partial charge in [-0.05, 0) is 37.6 Å². The van der Waals surface area contributed by atoms with Crippen LogP contribution in [0.1, 0.15) is 18.1 Å². The second-order valence-corrected chi connectivity index (χ2v) is 6.32. The molecule has 0 fully saturated rings. The van der Waals surface area contributed by atoms with Crippen LogP contribution in [0.3, 0.4) is 0 Å². The van der Waals surface area contributed by atoms with Crippen molar-refractivity contribution in [3.05, 3.63) is 59.7 Å². The Labute approximate surface area is 125 Å². The van der Waals surface area contributed by atoms with E-state index in [0.29, 0.717) is 12.1 Å². The number of rotatable bonds is 5. The molecule has 0 atom stereocenters. The highest BCUT2D eigenvalue weighted by atomic mass is 32.2. The Kier molecular flexibility index (Phi) is 4.65. The number of anilines is 1. The second-order valence-electron chi connectivity index (χ2n) is 4.93. The first-order chi connectivity index (χ1) is 9.91. The summed E-state index contributed by atoms with van der Waals surface area (Å²) in [6.07, 6.45) is 0. The highest BCUT2D eigenvalue weighted by molar-refractivity contribution is 7.85. The minimum atomic E-state index is -4.20. The molecular formula is C16H19NO3S. The van der Waals surface area contributed by atoms with Crippen LogP contribution in [0.5, 0.6) is 0 Å². The summed E-state index contributed by atoms with van der Waals surface area (Å²) in [6.45, 7) is 5.20. The predicted octanol–water partition coefficient (Wildman–Crippen LogP) is 3.27. The van der Waals surface area contributed by atoms with Gasteiger partial charge in [-0.2, -0.15) is 8.42 Å². The van der Waals surface area contributed by atoms with Crippen molar-refractivity contribution < 1.29 is 13.0 Å². The topological polar surface area (TPSA) is 57.6 Å². The van der Waals surface area contributed by atoms with Crippen LogP contribution in [0.2, 0.25) is 0 Å². The minimum absolute atomic E-state index is 0.0319. The number of hydrogen-bond acceptors (Lipinski definition) is 3. The fourth-order valence-corrected chi connectivity index (χ4v) is 2.95. The third kappa shape index (κ3) is 3.83. The van der Waals surface area contributed by atoms with E-state index in [4.69, 9.17) is 0 Å². The number of benzene rings is 2. The van der Waals surface area contributed by atoms with Gasteiger partial charge in [0.25, 0.3) is 10.1 Å². The molecule has 112 valence electrons. The molecule has 0 saturated carbocycles. The lowest BCUT2D eigenvalue weighted by Crippen LogP contribution is -2.23. The van der Waals surface area contributed by atoms with Crippen LogP contribution in [-0.2, 0) is 16.7 Å². The summed E-state index contributed by atoms with van der Waals surface area (Å²) in [5.74, 6) is 0. The molecule has 0 amide bonds. The molecular weight excluding hydrogens is 286 g/mol. The lowest BCUT2D eigenvalue weighted by atomic mass is 10.1. The molecule has 0 saturated heterocycles. The zero-order valence-corrected chi connectivity index (χ0v) is 13.0. The Bertz CT molecular complexity index is 709. The molecule has 2 aromatic rings. The van der Waals surface area contributed by atoms with Gasteiger partial charge >= 0.3 is 0 Å². The number of aryl methyl sites for hydroxylation is 1.